The molecular weight excluding hydrogens is 291 g/mol. The van der Waals surface area contributed by atoms with E-state index in [2.05, 4.69) is 22.4 Å². The lowest BCUT2D eigenvalue weighted by Gasteiger charge is -2.17. The average molecular weight is 303 g/mol. The van der Waals surface area contributed by atoms with Gasteiger partial charge in [-0.25, -0.2) is 0 Å². The minimum Gasteiger partial charge on any atom is -0.355 e. The van der Waals surface area contributed by atoms with E-state index < -0.39 is 0 Å². The Balaban J connectivity index is 0.00000144. The number of hydrogen-bond donors (Lipinski definition) is 2. The summed E-state index contributed by atoms with van der Waals surface area (Å²) in [5, 5.41) is 4.07. The molecule has 4 rings (SSSR count). The van der Waals surface area contributed by atoms with Crippen molar-refractivity contribution < 1.29 is 4.79 Å². The number of aromatic nitrogens is 1. The molecule has 2 N–H and O–H groups in total. The maximum Gasteiger partial charge on any atom is 0.262 e. The van der Waals surface area contributed by atoms with Gasteiger partial charge in [-0.05, 0) is 35.7 Å². The second kappa shape index (κ2) is 5.77. The summed E-state index contributed by atoms with van der Waals surface area (Å²) in [6.45, 7) is 0. The lowest BCUT2D eigenvalue weighted by atomic mass is 10.2. The van der Waals surface area contributed by atoms with Crippen molar-refractivity contribution in [3.05, 3.63) is 65.2 Å². The number of H-pyrrole nitrogens is 1. The molecule has 2 heterocycles. The molecule has 0 aliphatic carbocycles. The van der Waals surface area contributed by atoms with Gasteiger partial charge in [0, 0.05) is 24.5 Å². The fourth-order valence-electron chi connectivity index (χ4n) is 2.42. The van der Waals surface area contributed by atoms with E-state index in [4.69, 9.17) is 0 Å². The van der Waals surface area contributed by atoms with Crippen LogP contribution in [0, 0.1) is 0 Å². The summed E-state index contributed by atoms with van der Waals surface area (Å²) in [6.07, 6.45) is 1.90. The number of rotatable bonds is 1. The maximum atomic E-state index is 12.2. The number of carbonyl (C=O) groups excluding carboxylic acids is 1. The predicted octanol–water partition coefficient (Wildman–Crippen LogP) is 3.87. The number of amides is 1. The predicted molar refractivity (Wildman–Crippen MR) is 93.0 cm³/mol. The number of fused-ring (bicyclic) bond motifs is 2. The second-order valence-corrected chi connectivity index (χ2v) is 5.96. The SMILES string of the molecule is O=C1Nc2ccccc2SC1=Cc1cc2ccccc2[nH]1.[B]. The van der Waals surface area contributed by atoms with Crippen LogP contribution in [0.25, 0.3) is 17.0 Å². The highest BCUT2D eigenvalue weighted by atomic mass is 32.2. The molecule has 1 aromatic heterocycles. The zero-order valence-corrected chi connectivity index (χ0v) is 12.5. The normalized spacial score (nSPS) is 15.3. The molecule has 3 nitrogen and oxygen atoms in total. The molecule has 1 aliphatic rings. The number of carbonyl (C=O) groups is 1. The summed E-state index contributed by atoms with van der Waals surface area (Å²) in [6, 6.07) is 18.0. The Morgan fingerprint density at radius 3 is 2.64 bits per heavy atom. The highest BCUT2D eigenvalue weighted by Gasteiger charge is 2.20. The number of hydrogen-bond acceptors (Lipinski definition) is 2. The van der Waals surface area contributed by atoms with Crippen molar-refractivity contribution in [1.29, 1.82) is 0 Å². The van der Waals surface area contributed by atoms with Gasteiger partial charge in [0.05, 0.1) is 10.6 Å². The van der Waals surface area contributed by atoms with Crippen molar-refractivity contribution >= 4 is 48.7 Å². The zero-order valence-electron chi connectivity index (χ0n) is 11.7. The Bertz CT molecular complexity index is 852. The van der Waals surface area contributed by atoms with Gasteiger partial charge in [-0.3, -0.25) is 4.79 Å². The fraction of sp³-hybridized carbons (Fsp3) is 0. The molecule has 1 aliphatic heterocycles. The first-order chi connectivity index (χ1) is 10.3. The van der Waals surface area contributed by atoms with Crippen LogP contribution in [0.5, 0.6) is 0 Å². The number of nitrogens with one attached hydrogen (secondary N) is 2. The molecule has 105 valence electrons. The smallest absolute Gasteiger partial charge is 0.262 e. The number of anilines is 1. The van der Waals surface area contributed by atoms with E-state index in [1.54, 1.807) is 0 Å². The molecule has 3 aromatic rings. The van der Waals surface area contributed by atoms with Crippen LogP contribution in [0.3, 0.4) is 0 Å². The summed E-state index contributed by atoms with van der Waals surface area (Å²) in [4.78, 5) is 17.2. The topological polar surface area (TPSA) is 44.9 Å². The van der Waals surface area contributed by atoms with E-state index >= 15 is 0 Å². The summed E-state index contributed by atoms with van der Waals surface area (Å²) >= 11 is 1.50. The van der Waals surface area contributed by atoms with Crippen LogP contribution >= 0.6 is 11.8 Å². The maximum absolute atomic E-state index is 12.2. The minimum atomic E-state index is -0.0580. The Kier molecular flexibility index (Phi) is 3.81. The van der Waals surface area contributed by atoms with Crippen LogP contribution < -0.4 is 5.32 Å². The van der Waals surface area contributed by atoms with Gasteiger partial charge in [0.2, 0.25) is 0 Å². The van der Waals surface area contributed by atoms with Crippen molar-refractivity contribution in [2.24, 2.45) is 0 Å². The van der Waals surface area contributed by atoms with Crippen LogP contribution in [0.2, 0.25) is 0 Å². The number of benzene rings is 2. The van der Waals surface area contributed by atoms with Crippen molar-refractivity contribution in [2.45, 2.75) is 4.90 Å². The summed E-state index contributed by atoms with van der Waals surface area (Å²) in [7, 11) is 0. The lowest BCUT2D eigenvalue weighted by molar-refractivity contribution is -0.112. The van der Waals surface area contributed by atoms with Gasteiger partial charge in [0.25, 0.3) is 5.91 Å². The van der Waals surface area contributed by atoms with E-state index in [1.165, 1.54) is 11.8 Å². The molecule has 0 spiro atoms. The molecule has 1 amide bonds. The summed E-state index contributed by atoms with van der Waals surface area (Å²) in [5.74, 6) is -0.0580. The third kappa shape index (κ3) is 2.55. The van der Waals surface area contributed by atoms with Gasteiger partial charge in [-0.1, -0.05) is 42.1 Å². The molecule has 22 heavy (non-hydrogen) atoms. The van der Waals surface area contributed by atoms with Crippen molar-refractivity contribution in [3.8, 4) is 0 Å². The average Bonchev–Trinajstić information content (AvgIpc) is 2.90. The van der Waals surface area contributed by atoms with Gasteiger partial charge >= 0.3 is 0 Å². The molecule has 0 unspecified atom stereocenters. The van der Waals surface area contributed by atoms with Gasteiger partial charge in [0.1, 0.15) is 0 Å². The number of para-hydroxylation sites is 2. The monoisotopic (exact) mass is 303 g/mol. The van der Waals surface area contributed by atoms with Crippen molar-refractivity contribution in [3.63, 3.8) is 0 Å². The Hall–Kier alpha value is -2.40. The molecule has 5 heteroatoms. The first-order valence-corrected chi connectivity index (χ1v) is 7.49. The van der Waals surface area contributed by atoms with E-state index in [9.17, 15) is 4.79 Å². The van der Waals surface area contributed by atoms with E-state index in [0.717, 1.165) is 27.2 Å². The molecule has 0 fully saturated rings. The molecule has 3 radical (unpaired) electrons. The molecule has 0 saturated carbocycles. The van der Waals surface area contributed by atoms with E-state index in [1.807, 2.05) is 48.5 Å². The zero-order chi connectivity index (χ0) is 14.2. The second-order valence-electron chi connectivity index (χ2n) is 4.87. The lowest BCUT2D eigenvalue weighted by Crippen LogP contribution is -2.17. The molecule has 0 atom stereocenters. The van der Waals surface area contributed by atoms with Gasteiger partial charge in [-0.2, -0.15) is 0 Å². The third-order valence-corrected chi connectivity index (χ3v) is 4.52. The molecule has 0 bridgehead atoms. The van der Waals surface area contributed by atoms with Crippen LogP contribution in [0.4, 0.5) is 5.69 Å². The van der Waals surface area contributed by atoms with E-state index in [-0.39, 0.29) is 14.3 Å². The third-order valence-electron chi connectivity index (χ3n) is 3.42. The fourth-order valence-corrected chi connectivity index (χ4v) is 3.36. The quantitative estimate of drug-likeness (QED) is 0.529. The van der Waals surface area contributed by atoms with Crippen LogP contribution in [0.1, 0.15) is 5.69 Å². The van der Waals surface area contributed by atoms with Gasteiger partial charge in [0.15, 0.2) is 0 Å². The van der Waals surface area contributed by atoms with Crippen LogP contribution in [0.15, 0.2) is 64.4 Å². The molecule has 2 aromatic carbocycles. The first kappa shape index (κ1) is 14.5. The van der Waals surface area contributed by atoms with E-state index in [0.29, 0.717) is 4.91 Å². The Morgan fingerprint density at radius 2 is 1.77 bits per heavy atom. The Labute approximate surface area is 134 Å². The summed E-state index contributed by atoms with van der Waals surface area (Å²) in [5.41, 5.74) is 2.89. The number of aromatic amines is 1. The number of thioether (sulfide) groups is 1. The van der Waals surface area contributed by atoms with Crippen molar-refractivity contribution in [1.82, 2.24) is 4.98 Å². The highest BCUT2D eigenvalue weighted by molar-refractivity contribution is 8.04. The van der Waals surface area contributed by atoms with Gasteiger partial charge < -0.3 is 10.3 Å². The molecule has 0 saturated heterocycles. The minimum absolute atomic E-state index is 0. The standard InChI is InChI=1S/C17H12N2OS.B/c20-17-16(21-15-8-4-3-7-14(15)19-17)10-12-9-11-5-1-2-6-13(11)18-12;/h1-10,18H,(H,19,20);. The van der Waals surface area contributed by atoms with Crippen molar-refractivity contribution in [2.75, 3.05) is 5.32 Å². The van der Waals surface area contributed by atoms with Gasteiger partial charge in [-0.15, -0.1) is 0 Å². The highest BCUT2D eigenvalue weighted by Crippen LogP contribution is 2.38. The van der Waals surface area contributed by atoms with Crippen LogP contribution in [-0.2, 0) is 4.79 Å². The largest absolute Gasteiger partial charge is 0.355 e. The Morgan fingerprint density at radius 1 is 1.00 bits per heavy atom. The summed E-state index contributed by atoms with van der Waals surface area (Å²) < 4.78 is 0. The first-order valence-electron chi connectivity index (χ1n) is 6.67. The molecular formula is C17H12BN2OS. The van der Waals surface area contributed by atoms with Crippen LogP contribution in [-0.4, -0.2) is 19.3 Å².